The van der Waals surface area contributed by atoms with Crippen LogP contribution in [0.3, 0.4) is 0 Å². The predicted molar refractivity (Wildman–Crippen MR) is 66.0 cm³/mol. The normalized spacial score (nSPS) is 10.2. The molecule has 0 saturated carbocycles. The summed E-state index contributed by atoms with van der Waals surface area (Å²) in [6.45, 7) is 0.128. The van der Waals surface area contributed by atoms with Gasteiger partial charge < -0.3 is 14.7 Å². The number of hydrogen-bond acceptors (Lipinski definition) is 4. The second-order valence-electron chi connectivity index (χ2n) is 4.08. The minimum Gasteiger partial charge on any atom is -0.503 e. The smallest absolute Gasteiger partial charge is 0.257 e. The first kappa shape index (κ1) is 16.8. The highest BCUT2D eigenvalue weighted by atomic mass is 19.2. The number of ether oxygens (including phenoxy) is 1. The lowest BCUT2D eigenvalue weighted by atomic mass is 10.1. The van der Waals surface area contributed by atoms with Crippen molar-refractivity contribution in [2.45, 2.75) is 6.42 Å². The number of nitriles is 1. The highest BCUT2D eigenvalue weighted by Crippen LogP contribution is 2.26. The SMILES string of the molecule is COCCN(CCC#N)C(=O)c1cc(F)c(F)c(O)c1F. The minimum atomic E-state index is -1.76. The Morgan fingerprint density at radius 3 is 2.62 bits per heavy atom. The molecule has 0 heterocycles. The zero-order chi connectivity index (χ0) is 16.0. The van der Waals surface area contributed by atoms with E-state index < -0.39 is 34.7 Å². The molecule has 0 aliphatic carbocycles. The Morgan fingerprint density at radius 1 is 1.38 bits per heavy atom. The molecule has 0 saturated heterocycles. The molecule has 0 unspecified atom stereocenters. The van der Waals surface area contributed by atoms with Crippen LogP contribution in [-0.4, -0.2) is 42.7 Å². The monoisotopic (exact) mass is 302 g/mol. The molecular weight excluding hydrogens is 289 g/mol. The molecule has 0 aromatic heterocycles. The van der Waals surface area contributed by atoms with Gasteiger partial charge in [0.05, 0.1) is 24.7 Å². The third-order valence-electron chi connectivity index (χ3n) is 2.71. The first-order valence-electron chi connectivity index (χ1n) is 5.95. The lowest BCUT2D eigenvalue weighted by Gasteiger charge is -2.21. The molecule has 0 aliphatic heterocycles. The van der Waals surface area contributed by atoms with Gasteiger partial charge in [-0.25, -0.2) is 8.78 Å². The van der Waals surface area contributed by atoms with Gasteiger partial charge in [0.15, 0.2) is 17.4 Å². The molecule has 21 heavy (non-hydrogen) atoms. The average molecular weight is 302 g/mol. The summed E-state index contributed by atoms with van der Waals surface area (Å²) in [5.41, 5.74) is -0.805. The number of hydrogen-bond donors (Lipinski definition) is 1. The zero-order valence-electron chi connectivity index (χ0n) is 11.2. The first-order chi connectivity index (χ1) is 9.93. The molecule has 0 bridgehead atoms. The van der Waals surface area contributed by atoms with Crippen molar-refractivity contribution in [3.63, 3.8) is 0 Å². The van der Waals surface area contributed by atoms with Crippen LogP contribution in [0.25, 0.3) is 0 Å². The summed E-state index contributed by atoms with van der Waals surface area (Å²) in [7, 11) is 1.39. The standard InChI is InChI=1S/C13H13F3N2O3/c1-21-6-5-18(4-2-3-17)13(20)8-7-9(14)11(16)12(19)10(8)15/h7,19H,2,4-6H2,1H3. The van der Waals surface area contributed by atoms with E-state index in [0.29, 0.717) is 6.07 Å². The van der Waals surface area contributed by atoms with Crippen LogP contribution in [0.2, 0.25) is 0 Å². The molecule has 1 aromatic rings. The second kappa shape index (κ2) is 7.50. The number of amides is 1. The number of phenols is 1. The number of phenolic OH excluding ortho intramolecular Hbond substituents is 1. The van der Waals surface area contributed by atoms with Gasteiger partial charge >= 0.3 is 0 Å². The predicted octanol–water partition coefficient (Wildman–Crippen LogP) is 1.81. The van der Waals surface area contributed by atoms with Crippen LogP contribution < -0.4 is 0 Å². The van der Waals surface area contributed by atoms with Gasteiger partial charge in [0.1, 0.15) is 0 Å². The maximum Gasteiger partial charge on any atom is 0.257 e. The van der Waals surface area contributed by atoms with Crippen LogP contribution in [0, 0.1) is 28.8 Å². The number of methoxy groups -OCH3 is 1. The molecule has 1 amide bonds. The fourth-order valence-electron chi connectivity index (χ4n) is 1.62. The second-order valence-corrected chi connectivity index (χ2v) is 4.08. The molecule has 5 nitrogen and oxygen atoms in total. The molecule has 8 heteroatoms. The van der Waals surface area contributed by atoms with Crippen molar-refractivity contribution in [1.82, 2.24) is 4.90 Å². The van der Waals surface area contributed by atoms with Crippen molar-refractivity contribution < 1.29 is 27.8 Å². The average Bonchev–Trinajstić information content (AvgIpc) is 2.48. The Hall–Kier alpha value is -2.27. The number of nitrogens with zero attached hydrogens (tertiary/aromatic N) is 2. The molecule has 0 atom stereocenters. The first-order valence-corrected chi connectivity index (χ1v) is 5.95. The fourth-order valence-corrected chi connectivity index (χ4v) is 1.62. The zero-order valence-corrected chi connectivity index (χ0v) is 11.2. The van der Waals surface area contributed by atoms with Crippen molar-refractivity contribution in [1.29, 1.82) is 5.26 Å². The highest BCUT2D eigenvalue weighted by Gasteiger charge is 2.25. The van der Waals surface area contributed by atoms with Gasteiger partial charge in [-0.3, -0.25) is 4.79 Å². The minimum absolute atomic E-state index is 0.0211. The van der Waals surface area contributed by atoms with E-state index in [1.807, 2.05) is 6.07 Å². The maximum absolute atomic E-state index is 13.7. The van der Waals surface area contributed by atoms with E-state index in [-0.39, 0.29) is 26.1 Å². The summed E-state index contributed by atoms with van der Waals surface area (Å²) >= 11 is 0. The number of carbonyl (C=O) groups is 1. The topological polar surface area (TPSA) is 73.6 Å². The van der Waals surface area contributed by atoms with Crippen molar-refractivity contribution in [2.24, 2.45) is 0 Å². The quantitative estimate of drug-likeness (QED) is 0.813. The van der Waals surface area contributed by atoms with Gasteiger partial charge in [0.25, 0.3) is 5.91 Å². The van der Waals surface area contributed by atoms with Crippen LogP contribution in [0.4, 0.5) is 13.2 Å². The summed E-state index contributed by atoms with van der Waals surface area (Å²) in [5, 5.41) is 17.6. The van der Waals surface area contributed by atoms with E-state index in [1.165, 1.54) is 7.11 Å². The largest absolute Gasteiger partial charge is 0.503 e. The van der Waals surface area contributed by atoms with Crippen LogP contribution in [-0.2, 0) is 4.74 Å². The van der Waals surface area contributed by atoms with E-state index in [0.717, 1.165) is 4.90 Å². The molecule has 0 radical (unpaired) electrons. The van der Waals surface area contributed by atoms with Crippen LogP contribution in [0.15, 0.2) is 6.07 Å². The van der Waals surface area contributed by atoms with Gasteiger partial charge in [0, 0.05) is 20.2 Å². The van der Waals surface area contributed by atoms with Crippen molar-refractivity contribution >= 4 is 5.91 Å². The maximum atomic E-state index is 13.7. The Balaban J connectivity index is 3.11. The fraction of sp³-hybridized carbons (Fsp3) is 0.385. The summed E-state index contributed by atoms with van der Waals surface area (Å²) in [5.74, 6) is -7.36. The van der Waals surface area contributed by atoms with Crippen LogP contribution in [0.5, 0.6) is 5.75 Å². The third-order valence-corrected chi connectivity index (χ3v) is 2.71. The molecular formula is C13H13F3N2O3. The van der Waals surface area contributed by atoms with E-state index >= 15 is 0 Å². The Kier molecular flexibility index (Phi) is 5.99. The van der Waals surface area contributed by atoms with E-state index in [9.17, 15) is 18.0 Å². The lowest BCUT2D eigenvalue weighted by molar-refractivity contribution is 0.0693. The van der Waals surface area contributed by atoms with Gasteiger partial charge in [0.2, 0.25) is 5.82 Å². The van der Waals surface area contributed by atoms with E-state index in [4.69, 9.17) is 15.1 Å². The van der Waals surface area contributed by atoms with Gasteiger partial charge in [-0.15, -0.1) is 0 Å². The number of carbonyl (C=O) groups excluding carboxylic acids is 1. The van der Waals surface area contributed by atoms with E-state index in [1.54, 1.807) is 0 Å². The number of benzene rings is 1. The number of halogens is 3. The van der Waals surface area contributed by atoms with Crippen molar-refractivity contribution in [3.8, 4) is 11.8 Å². The molecule has 0 spiro atoms. The van der Waals surface area contributed by atoms with Gasteiger partial charge in [-0.2, -0.15) is 9.65 Å². The van der Waals surface area contributed by atoms with Crippen molar-refractivity contribution in [2.75, 3.05) is 26.8 Å². The molecule has 0 aliphatic rings. The van der Waals surface area contributed by atoms with Crippen LogP contribution in [0.1, 0.15) is 16.8 Å². The van der Waals surface area contributed by atoms with Crippen LogP contribution >= 0.6 is 0 Å². The summed E-state index contributed by atoms with van der Waals surface area (Å²) < 4.78 is 44.7. The molecule has 1 aromatic carbocycles. The third kappa shape index (κ3) is 3.86. The molecule has 1 rings (SSSR count). The molecule has 114 valence electrons. The highest BCUT2D eigenvalue weighted by molar-refractivity contribution is 5.95. The summed E-state index contributed by atoms with van der Waals surface area (Å²) in [6, 6.07) is 2.19. The Bertz CT molecular complexity index is 573. The number of rotatable bonds is 6. The molecule has 1 N–H and O–H groups in total. The summed E-state index contributed by atoms with van der Waals surface area (Å²) in [6.07, 6.45) is -0.0211. The Morgan fingerprint density at radius 2 is 2.05 bits per heavy atom. The van der Waals surface area contributed by atoms with E-state index in [2.05, 4.69) is 0 Å². The summed E-state index contributed by atoms with van der Waals surface area (Å²) in [4.78, 5) is 13.2. The lowest BCUT2D eigenvalue weighted by Crippen LogP contribution is -2.35. The number of aromatic hydroxyl groups is 1. The van der Waals surface area contributed by atoms with Gasteiger partial charge in [-0.1, -0.05) is 0 Å². The molecule has 0 fully saturated rings. The van der Waals surface area contributed by atoms with Crippen molar-refractivity contribution in [3.05, 3.63) is 29.1 Å². The Labute approximate surface area is 119 Å². The van der Waals surface area contributed by atoms with Gasteiger partial charge in [-0.05, 0) is 6.07 Å².